The number of pyridine rings is 1. The first-order valence-corrected chi connectivity index (χ1v) is 7.43. The average molecular weight is 313 g/mol. The van der Waals surface area contributed by atoms with E-state index in [1.807, 2.05) is 56.3 Å². The molecule has 0 aliphatic heterocycles. The number of nitrogens with zero attached hydrogens (tertiary/aromatic N) is 1. The fourth-order valence-corrected chi connectivity index (χ4v) is 2.56. The summed E-state index contributed by atoms with van der Waals surface area (Å²) in [5.74, 6) is 0.813. The summed E-state index contributed by atoms with van der Waals surface area (Å²) in [6.45, 7) is 3.98. The van der Waals surface area contributed by atoms with Crippen molar-refractivity contribution in [2.24, 2.45) is 0 Å². The van der Waals surface area contributed by atoms with Crippen LogP contribution < -0.4 is 10.1 Å². The molecule has 0 aliphatic carbocycles. The lowest BCUT2D eigenvalue weighted by Gasteiger charge is -2.12. The lowest BCUT2D eigenvalue weighted by atomic mass is 10.1. The van der Waals surface area contributed by atoms with Crippen LogP contribution in [0, 0.1) is 13.8 Å². The highest BCUT2D eigenvalue weighted by atomic mass is 35.5. The zero-order chi connectivity index (χ0) is 15.7. The summed E-state index contributed by atoms with van der Waals surface area (Å²) in [5, 5.41) is 5.25. The maximum atomic E-state index is 6.09. The molecule has 3 aromatic rings. The molecule has 112 valence electrons. The van der Waals surface area contributed by atoms with E-state index in [-0.39, 0.29) is 0 Å². The number of fused-ring (bicyclic) bond motifs is 1. The Labute approximate surface area is 134 Å². The molecule has 3 nitrogen and oxygen atoms in total. The van der Waals surface area contributed by atoms with Crippen molar-refractivity contribution in [3.63, 3.8) is 0 Å². The van der Waals surface area contributed by atoms with E-state index in [1.165, 1.54) is 0 Å². The Bertz CT molecular complexity index is 846. The third-order valence-corrected chi connectivity index (χ3v) is 4.00. The predicted molar refractivity (Wildman–Crippen MR) is 92.5 cm³/mol. The van der Waals surface area contributed by atoms with Gasteiger partial charge in [-0.3, -0.25) is 4.98 Å². The van der Waals surface area contributed by atoms with E-state index in [4.69, 9.17) is 16.3 Å². The van der Waals surface area contributed by atoms with Crippen LogP contribution >= 0.6 is 11.6 Å². The van der Waals surface area contributed by atoms with Gasteiger partial charge in [-0.15, -0.1) is 0 Å². The number of methoxy groups -OCH3 is 1. The van der Waals surface area contributed by atoms with E-state index in [2.05, 4.69) is 10.3 Å². The lowest BCUT2D eigenvalue weighted by molar-refractivity contribution is 0.415. The molecule has 0 bridgehead atoms. The van der Waals surface area contributed by atoms with Gasteiger partial charge in [0, 0.05) is 27.5 Å². The molecule has 1 N–H and O–H groups in total. The quantitative estimate of drug-likeness (QED) is 0.716. The minimum absolute atomic E-state index is 0.767. The summed E-state index contributed by atoms with van der Waals surface area (Å²) >= 11 is 6.09. The fourth-order valence-electron chi connectivity index (χ4n) is 2.45. The first kappa shape index (κ1) is 14.7. The van der Waals surface area contributed by atoms with Crippen molar-refractivity contribution in [3.05, 3.63) is 58.7 Å². The lowest BCUT2D eigenvalue weighted by Crippen LogP contribution is -1.96. The van der Waals surface area contributed by atoms with Crippen LogP contribution in [0.15, 0.2) is 42.5 Å². The number of rotatable bonds is 3. The topological polar surface area (TPSA) is 34.1 Å². The second-order valence-corrected chi connectivity index (χ2v) is 5.69. The van der Waals surface area contributed by atoms with Gasteiger partial charge < -0.3 is 10.1 Å². The Morgan fingerprint density at radius 1 is 1.05 bits per heavy atom. The molecule has 1 heterocycles. The zero-order valence-electron chi connectivity index (χ0n) is 12.8. The van der Waals surface area contributed by atoms with Gasteiger partial charge in [-0.2, -0.15) is 0 Å². The summed E-state index contributed by atoms with van der Waals surface area (Å²) in [5.41, 5.74) is 4.94. The van der Waals surface area contributed by atoms with Gasteiger partial charge in [0.25, 0.3) is 0 Å². The highest BCUT2D eigenvalue weighted by Crippen LogP contribution is 2.30. The third kappa shape index (κ3) is 2.85. The molecule has 0 amide bonds. The molecule has 0 saturated carbocycles. The molecule has 0 atom stereocenters. The Morgan fingerprint density at radius 3 is 2.59 bits per heavy atom. The fraction of sp³-hybridized carbons (Fsp3) is 0.167. The van der Waals surface area contributed by atoms with Crippen LogP contribution in [0.3, 0.4) is 0 Å². The number of ether oxygens (including phenoxy) is 1. The van der Waals surface area contributed by atoms with E-state index in [1.54, 1.807) is 7.11 Å². The van der Waals surface area contributed by atoms with Crippen molar-refractivity contribution in [2.45, 2.75) is 13.8 Å². The van der Waals surface area contributed by atoms with E-state index >= 15 is 0 Å². The molecule has 0 spiro atoms. The van der Waals surface area contributed by atoms with E-state index in [0.29, 0.717) is 0 Å². The number of aromatic nitrogens is 1. The van der Waals surface area contributed by atoms with Crippen LogP contribution in [-0.2, 0) is 0 Å². The Morgan fingerprint density at radius 2 is 1.86 bits per heavy atom. The van der Waals surface area contributed by atoms with Gasteiger partial charge in [-0.1, -0.05) is 11.6 Å². The van der Waals surface area contributed by atoms with E-state index in [0.717, 1.165) is 44.3 Å². The second-order valence-electron chi connectivity index (χ2n) is 5.28. The first-order chi connectivity index (χ1) is 10.6. The molecule has 4 heteroatoms. The third-order valence-electron chi connectivity index (χ3n) is 3.58. The number of benzene rings is 2. The summed E-state index contributed by atoms with van der Waals surface area (Å²) in [7, 11) is 1.67. The van der Waals surface area contributed by atoms with Crippen molar-refractivity contribution in [3.8, 4) is 5.75 Å². The summed E-state index contributed by atoms with van der Waals surface area (Å²) in [4.78, 5) is 4.57. The van der Waals surface area contributed by atoms with Crippen molar-refractivity contribution in [2.75, 3.05) is 12.4 Å². The van der Waals surface area contributed by atoms with Crippen molar-refractivity contribution in [1.29, 1.82) is 0 Å². The van der Waals surface area contributed by atoms with Crippen LogP contribution in [0.1, 0.15) is 11.3 Å². The van der Waals surface area contributed by atoms with Gasteiger partial charge in [0.15, 0.2) is 0 Å². The Balaban J connectivity index is 2.10. The molecule has 0 unspecified atom stereocenters. The summed E-state index contributed by atoms with van der Waals surface area (Å²) < 4.78 is 5.32. The van der Waals surface area contributed by atoms with Gasteiger partial charge in [0.2, 0.25) is 0 Å². The molecule has 22 heavy (non-hydrogen) atoms. The standard InChI is InChI=1S/C18H17ClN2O/c1-11-8-13(4-6-16(11)19)21-18-9-12(2)20-17-7-5-14(22-3)10-15(17)18/h4-10H,1-3H3,(H,20,21). The number of aryl methyl sites for hydroxylation is 2. The van der Waals surface area contributed by atoms with Gasteiger partial charge in [0.05, 0.1) is 12.6 Å². The number of hydrogen-bond donors (Lipinski definition) is 1. The average Bonchev–Trinajstić information content (AvgIpc) is 2.50. The van der Waals surface area contributed by atoms with Gasteiger partial charge in [0.1, 0.15) is 5.75 Å². The molecule has 0 aliphatic rings. The van der Waals surface area contributed by atoms with Crippen LogP contribution in [0.2, 0.25) is 5.02 Å². The van der Waals surface area contributed by atoms with Gasteiger partial charge in [-0.25, -0.2) is 0 Å². The number of hydrogen-bond acceptors (Lipinski definition) is 3. The molecule has 3 rings (SSSR count). The normalized spacial score (nSPS) is 10.7. The second kappa shape index (κ2) is 5.85. The van der Waals surface area contributed by atoms with Gasteiger partial charge >= 0.3 is 0 Å². The molecule has 0 saturated heterocycles. The van der Waals surface area contributed by atoms with Crippen molar-refractivity contribution >= 4 is 33.9 Å². The Kier molecular flexibility index (Phi) is 3.90. The summed E-state index contributed by atoms with van der Waals surface area (Å²) in [6.07, 6.45) is 0. The van der Waals surface area contributed by atoms with Crippen molar-refractivity contribution < 1.29 is 4.74 Å². The molecule has 2 aromatic carbocycles. The van der Waals surface area contributed by atoms with Gasteiger partial charge in [-0.05, 0) is 61.9 Å². The molecular weight excluding hydrogens is 296 g/mol. The Hall–Kier alpha value is -2.26. The molecule has 0 radical (unpaired) electrons. The number of nitrogens with one attached hydrogen (secondary N) is 1. The maximum absolute atomic E-state index is 6.09. The monoisotopic (exact) mass is 312 g/mol. The van der Waals surface area contributed by atoms with Crippen LogP contribution in [-0.4, -0.2) is 12.1 Å². The summed E-state index contributed by atoms with van der Waals surface area (Å²) in [6, 6.07) is 13.8. The van der Waals surface area contributed by atoms with Crippen LogP contribution in [0.4, 0.5) is 11.4 Å². The first-order valence-electron chi connectivity index (χ1n) is 7.05. The minimum Gasteiger partial charge on any atom is -0.497 e. The van der Waals surface area contributed by atoms with Crippen molar-refractivity contribution in [1.82, 2.24) is 4.98 Å². The SMILES string of the molecule is COc1ccc2nc(C)cc(Nc3ccc(Cl)c(C)c3)c2c1. The number of anilines is 2. The number of halogens is 1. The molecular formula is C18H17ClN2O. The van der Waals surface area contributed by atoms with Crippen LogP contribution in [0.25, 0.3) is 10.9 Å². The molecule has 1 aromatic heterocycles. The zero-order valence-corrected chi connectivity index (χ0v) is 13.5. The predicted octanol–water partition coefficient (Wildman–Crippen LogP) is 5.26. The van der Waals surface area contributed by atoms with E-state index in [9.17, 15) is 0 Å². The highest BCUT2D eigenvalue weighted by Gasteiger charge is 2.07. The van der Waals surface area contributed by atoms with Crippen LogP contribution in [0.5, 0.6) is 5.75 Å². The largest absolute Gasteiger partial charge is 0.497 e. The minimum atomic E-state index is 0.767. The smallest absolute Gasteiger partial charge is 0.119 e. The van der Waals surface area contributed by atoms with E-state index < -0.39 is 0 Å². The molecule has 0 fully saturated rings. The highest BCUT2D eigenvalue weighted by molar-refractivity contribution is 6.31. The maximum Gasteiger partial charge on any atom is 0.119 e.